The molecule has 1 saturated heterocycles. The number of rotatable bonds is 5. The molecule has 31 heavy (non-hydrogen) atoms. The Labute approximate surface area is 182 Å². The molecule has 1 aromatic carbocycles. The van der Waals surface area contributed by atoms with E-state index in [1.807, 2.05) is 25.1 Å². The van der Waals surface area contributed by atoms with Crippen LogP contribution in [0.2, 0.25) is 0 Å². The second-order valence-electron chi connectivity index (χ2n) is 7.60. The van der Waals surface area contributed by atoms with Gasteiger partial charge in [0.05, 0.1) is 23.1 Å². The molecule has 1 fully saturated rings. The predicted molar refractivity (Wildman–Crippen MR) is 115 cm³/mol. The first-order valence-corrected chi connectivity index (χ1v) is 10.6. The molecule has 0 unspecified atom stereocenters. The quantitative estimate of drug-likeness (QED) is 0.313. The molecular formula is C20H22N6O4S. The molecule has 0 amide bonds. The average molecular weight is 443 g/mol. The third-order valence-corrected chi connectivity index (χ3v) is 6.52. The van der Waals surface area contributed by atoms with Crippen molar-refractivity contribution in [2.75, 3.05) is 24.5 Å². The van der Waals surface area contributed by atoms with Crippen molar-refractivity contribution in [3.05, 3.63) is 40.4 Å². The highest BCUT2D eigenvalue weighted by molar-refractivity contribution is 7.17. The highest BCUT2D eigenvalue weighted by Gasteiger charge is 2.43. The van der Waals surface area contributed by atoms with E-state index in [1.165, 1.54) is 11.3 Å². The lowest BCUT2D eigenvalue weighted by Gasteiger charge is -2.44. The number of fused-ring (bicyclic) bond motifs is 1. The smallest absolute Gasteiger partial charge is 0.327 e. The summed E-state index contributed by atoms with van der Waals surface area (Å²) in [4.78, 5) is 30.4. The van der Waals surface area contributed by atoms with E-state index in [1.54, 1.807) is 6.20 Å². The van der Waals surface area contributed by atoms with Crippen LogP contribution in [0.3, 0.4) is 0 Å². The Kier molecular flexibility index (Phi) is 5.68. The summed E-state index contributed by atoms with van der Waals surface area (Å²) in [6, 6.07) is 5.72. The molecular weight excluding hydrogens is 420 g/mol. The molecule has 0 bridgehead atoms. The number of anilines is 1. The fraction of sp³-hybridized carbons (Fsp3) is 0.400. The predicted octanol–water partition coefficient (Wildman–Crippen LogP) is 2.61. The molecule has 2 aliphatic rings. The largest absolute Gasteiger partial charge is 0.486 e. The zero-order valence-electron chi connectivity index (χ0n) is 16.9. The number of aromatic nitrogens is 1. The van der Waals surface area contributed by atoms with Crippen LogP contribution in [0.4, 0.5) is 5.13 Å². The summed E-state index contributed by atoms with van der Waals surface area (Å²) in [6.45, 7) is 2.88. The van der Waals surface area contributed by atoms with Gasteiger partial charge in [0.1, 0.15) is 11.4 Å². The zero-order valence-corrected chi connectivity index (χ0v) is 17.8. The first-order valence-electron chi connectivity index (χ1n) is 9.82. The van der Waals surface area contributed by atoms with Gasteiger partial charge in [-0.3, -0.25) is 9.59 Å². The number of nitrogens with two attached hydrogens (primary N) is 1. The lowest BCUT2D eigenvalue weighted by Crippen LogP contribution is -2.51. The number of piperidine rings is 1. The third kappa shape index (κ3) is 4.41. The summed E-state index contributed by atoms with van der Waals surface area (Å²) in [7, 11) is 0. The van der Waals surface area contributed by atoms with Crippen molar-refractivity contribution in [2.24, 2.45) is 21.2 Å². The van der Waals surface area contributed by atoms with Gasteiger partial charge >= 0.3 is 5.97 Å². The van der Waals surface area contributed by atoms with Gasteiger partial charge in [0.2, 0.25) is 0 Å². The molecule has 0 saturated carbocycles. The van der Waals surface area contributed by atoms with Crippen molar-refractivity contribution in [1.29, 1.82) is 0 Å². The number of benzene rings is 1. The molecule has 1 aromatic heterocycles. The van der Waals surface area contributed by atoms with E-state index in [2.05, 4.69) is 25.3 Å². The molecule has 1 spiro atoms. The van der Waals surface area contributed by atoms with Gasteiger partial charge in [-0.1, -0.05) is 23.5 Å². The Balaban J connectivity index is 1.41. The summed E-state index contributed by atoms with van der Waals surface area (Å²) in [5, 5.41) is 19.9. The Morgan fingerprint density at radius 1 is 1.39 bits per heavy atom. The first kappa shape index (κ1) is 20.9. The number of ether oxygens (including phenoxy) is 1. The molecule has 0 atom stereocenters. The van der Waals surface area contributed by atoms with Crippen molar-refractivity contribution in [3.8, 4) is 5.75 Å². The van der Waals surface area contributed by atoms with Gasteiger partial charge in [0, 0.05) is 25.9 Å². The normalized spacial score (nSPS) is 18.3. The van der Waals surface area contributed by atoms with E-state index in [0.29, 0.717) is 48.5 Å². The van der Waals surface area contributed by atoms with Crippen LogP contribution in [0, 0.1) is 6.92 Å². The molecule has 2 aromatic rings. The monoisotopic (exact) mass is 442 g/mol. The first-order chi connectivity index (χ1) is 14.9. The number of carbonyl (C=O) groups excluding carboxylic acids is 1. The van der Waals surface area contributed by atoms with E-state index in [0.717, 1.165) is 10.7 Å². The van der Waals surface area contributed by atoms with E-state index in [-0.39, 0.29) is 11.6 Å². The zero-order chi connectivity index (χ0) is 22.0. The van der Waals surface area contributed by atoms with Crippen LogP contribution in [0.15, 0.2) is 39.8 Å². The SMILES string of the molecule is Cc1cccc2c1C(=O)CC1(CCN(c3ncc(/C(N)=N/N=NCC(=O)O)s3)CC1)O2. The van der Waals surface area contributed by atoms with Crippen molar-refractivity contribution in [1.82, 2.24) is 4.98 Å². The fourth-order valence-electron chi connectivity index (χ4n) is 3.87. The number of carboxylic acids is 1. The average Bonchev–Trinajstić information content (AvgIpc) is 3.21. The number of amidine groups is 1. The van der Waals surface area contributed by atoms with Crippen LogP contribution in [-0.2, 0) is 4.79 Å². The number of hydrogen-bond acceptors (Lipinski definition) is 8. The van der Waals surface area contributed by atoms with Crippen LogP contribution in [0.25, 0.3) is 0 Å². The maximum absolute atomic E-state index is 12.8. The van der Waals surface area contributed by atoms with Crippen LogP contribution < -0.4 is 15.4 Å². The van der Waals surface area contributed by atoms with Crippen LogP contribution >= 0.6 is 11.3 Å². The van der Waals surface area contributed by atoms with Gasteiger partial charge in [-0.05, 0) is 23.8 Å². The Morgan fingerprint density at radius 3 is 2.90 bits per heavy atom. The highest BCUT2D eigenvalue weighted by atomic mass is 32.1. The molecule has 3 heterocycles. The van der Waals surface area contributed by atoms with E-state index >= 15 is 0 Å². The number of aliphatic carboxylic acids is 1. The van der Waals surface area contributed by atoms with Crippen LogP contribution in [0.1, 0.15) is 40.1 Å². The minimum Gasteiger partial charge on any atom is -0.486 e. The number of thiazole rings is 1. The maximum Gasteiger partial charge on any atom is 0.327 e. The standard InChI is InChI=1S/C20H22N6O4S/c1-12-3-2-4-14-17(12)13(27)9-20(30-14)5-7-26(8-6-20)19-22-10-15(31-19)18(21)24-25-23-11-16(28)29/h2-4,10H,5-9,11H2,1H3,(H,28,29)(H2,21,23,24). The van der Waals surface area contributed by atoms with Gasteiger partial charge in [0.15, 0.2) is 23.3 Å². The Hall–Kier alpha value is -3.34. The van der Waals surface area contributed by atoms with Gasteiger partial charge in [0.25, 0.3) is 0 Å². The molecule has 162 valence electrons. The second kappa shape index (κ2) is 8.42. The molecule has 11 heteroatoms. The minimum absolute atomic E-state index is 0.125. The Bertz CT molecular complexity index is 1070. The summed E-state index contributed by atoms with van der Waals surface area (Å²) < 4.78 is 6.34. The van der Waals surface area contributed by atoms with Gasteiger partial charge in [-0.25, -0.2) is 4.98 Å². The number of aryl methyl sites for hydroxylation is 1. The van der Waals surface area contributed by atoms with Gasteiger partial charge in [-0.15, -0.1) is 5.10 Å². The van der Waals surface area contributed by atoms with Crippen molar-refractivity contribution >= 4 is 34.1 Å². The van der Waals surface area contributed by atoms with E-state index in [4.69, 9.17) is 15.6 Å². The maximum atomic E-state index is 12.8. The number of hydrogen-bond donors (Lipinski definition) is 2. The highest BCUT2D eigenvalue weighted by Crippen LogP contribution is 2.41. The summed E-state index contributed by atoms with van der Waals surface area (Å²) in [5.41, 5.74) is 7.06. The van der Waals surface area contributed by atoms with Crippen molar-refractivity contribution in [3.63, 3.8) is 0 Å². The molecule has 4 rings (SSSR count). The molecule has 0 aliphatic carbocycles. The van der Waals surface area contributed by atoms with Gasteiger partial charge in [-0.2, -0.15) is 5.11 Å². The van der Waals surface area contributed by atoms with Crippen molar-refractivity contribution < 1.29 is 19.4 Å². The summed E-state index contributed by atoms with van der Waals surface area (Å²) in [6.07, 6.45) is 3.43. The number of nitrogens with zero attached hydrogens (tertiary/aromatic N) is 5. The number of ketones is 1. The second-order valence-corrected chi connectivity index (χ2v) is 8.60. The van der Waals surface area contributed by atoms with Crippen LogP contribution in [0.5, 0.6) is 5.75 Å². The summed E-state index contributed by atoms with van der Waals surface area (Å²) in [5.74, 6) is -0.144. The lowest BCUT2D eigenvalue weighted by molar-refractivity contribution is -0.135. The lowest BCUT2D eigenvalue weighted by atomic mass is 9.81. The molecule has 2 aliphatic heterocycles. The van der Waals surface area contributed by atoms with Crippen LogP contribution in [-0.4, -0.2) is 52.9 Å². The summed E-state index contributed by atoms with van der Waals surface area (Å²) >= 11 is 1.37. The topological polar surface area (TPSA) is 143 Å². The van der Waals surface area contributed by atoms with Gasteiger partial charge < -0.3 is 20.5 Å². The minimum atomic E-state index is -1.09. The number of Topliss-reactive ketones (excluding diaryl/α,β-unsaturated/α-hetero) is 1. The number of carbonyl (C=O) groups is 2. The molecule has 10 nitrogen and oxygen atoms in total. The molecule has 0 radical (unpaired) electrons. The Morgan fingerprint density at radius 2 is 2.16 bits per heavy atom. The van der Waals surface area contributed by atoms with E-state index in [9.17, 15) is 9.59 Å². The third-order valence-electron chi connectivity index (χ3n) is 5.44. The van der Waals surface area contributed by atoms with Crippen molar-refractivity contribution in [2.45, 2.75) is 31.8 Å². The fourth-order valence-corrected chi connectivity index (χ4v) is 4.73. The van der Waals surface area contributed by atoms with E-state index < -0.39 is 18.1 Å². The molecule has 3 N–H and O–H groups in total. The number of carboxylic acid groups (broad SMARTS) is 1.